The molecule has 0 spiro atoms. The second-order valence-electron chi connectivity index (χ2n) is 3.99. The maximum Gasteiger partial charge on any atom is 0.238 e. The highest BCUT2D eigenvalue weighted by Gasteiger charge is 2.15. The molecule has 0 aliphatic rings. The van der Waals surface area contributed by atoms with Crippen molar-refractivity contribution in [2.75, 3.05) is 0 Å². The van der Waals surface area contributed by atoms with Crippen molar-refractivity contribution in [2.24, 2.45) is 10.9 Å². The topological polar surface area (TPSA) is 86.2 Å². The normalized spacial score (nSPS) is 15.8. The first-order valence-corrected chi connectivity index (χ1v) is 6.79. The van der Waals surface area contributed by atoms with Crippen LogP contribution in [0.2, 0.25) is 0 Å². The average molecular weight is 242 g/mol. The van der Waals surface area contributed by atoms with Crippen LogP contribution < -0.4 is 10.9 Å². The van der Waals surface area contributed by atoms with E-state index in [0.29, 0.717) is 0 Å². The Morgan fingerprint density at radius 1 is 1.25 bits per heavy atom. The maximum atomic E-state index is 11.1. The standard InChI is InChI=1S/C11H18N2O2S/c1-3-11(8(2)12)9-4-6-10(7-5-9)16(13,14)15/h4-8,11H,3,12H2,1-2H3,(H2,13,14,15). The predicted molar refractivity (Wildman–Crippen MR) is 64.5 cm³/mol. The minimum Gasteiger partial charge on any atom is -0.327 e. The molecule has 4 nitrogen and oxygen atoms in total. The molecule has 2 unspecified atom stereocenters. The molecule has 4 N–H and O–H groups in total. The summed E-state index contributed by atoms with van der Waals surface area (Å²) in [6.45, 7) is 4.00. The van der Waals surface area contributed by atoms with E-state index in [4.69, 9.17) is 10.9 Å². The molecule has 1 rings (SSSR count). The second kappa shape index (κ2) is 4.95. The van der Waals surface area contributed by atoms with E-state index >= 15 is 0 Å². The predicted octanol–water partition coefficient (Wildman–Crippen LogP) is 1.17. The zero-order chi connectivity index (χ0) is 12.3. The van der Waals surface area contributed by atoms with Crippen molar-refractivity contribution in [3.05, 3.63) is 29.8 Å². The third-order valence-electron chi connectivity index (χ3n) is 2.71. The zero-order valence-electron chi connectivity index (χ0n) is 9.55. The second-order valence-corrected chi connectivity index (χ2v) is 5.55. The van der Waals surface area contributed by atoms with E-state index in [0.717, 1.165) is 12.0 Å². The molecule has 0 fully saturated rings. The molecule has 1 aromatic rings. The molecule has 0 aliphatic heterocycles. The highest BCUT2D eigenvalue weighted by molar-refractivity contribution is 7.89. The highest BCUT2D eigenvalue weighted by atomic mass is 32.2. The summed E-state index contributed by atoms with van der Waals surface area (Å²) in [5.74, 6) is 0.245. The van der Waals surface area contributed by atoms with Crippen LogP contribution in [0.15, 0.2) is 29.2 Å². The van der Waals surface area contributed by atoms with Gasteiger partial charge >= 0.3 is 0 Å². The molecular formula is C11H18N2O2S. The Hall–Kier alpha value is -0.910. The molecule has 5 heteroatoms. The number of nitrogens with two attached hydrogens (primary N) is 2. The molecule has 0 bridgehead atoms. The Kier molecular flexibility index (Phi) is 4.07. The van der Waals surface area contributed by atoms with E-state index in [1.54, 1.807) is 12.1 Å². The van der Waals surface area contributed by atoms with E-state index in [9.17, 15) is 8.42 Å². The van der Waals surface area contributed by atoms with Crippen molar-refractivity contribution in [1.82, 2.24) is 0 Å². The van der Waals surface area contributed by atoms with E-state index in [2.05, 4.69) is 6.92 Å². The zero-order valence-corrected chi connectivity index (χ0v) is 10.4. The van der Waals surface area contributed by atoms with Gasteiger partial charge in [0.05, 0.1) is 4.90 Å². The van der Waals surface area contributed by atoms with Gasteiger partial charge in [0.15, 0.2) is 0 Å². The summed E-state index contributed by atoms with van der Waals surface area (Å²) in [5.41, 5.74) is 6.91. The Morgan fingerprint density at radius 2 is 1.75 bits per heavy atom. The van der Waals surface area contributed by atoms with Crippen LogP contribution in [-0.2, 0) is 10.0 Å². The summed E-state index contributed by atoms with van der Waals surface area (Å²) in [6.07, 6.45) is 0.923. The number of benzene rings is 1. The fourth-order valence-electron chi connectivity index (χ4n) is 1.82. The van der Waals surface area contributed by atoms with Gasteiger partial charge in [-0.15, -0.1) is 0 Å². The fraction of sp³-hybridized carbons (Fsp3) is 0.455. The van der Waals surface area contributed by atoms with Crippen LogP contribution in [0.1, 0.15) is 31.7 Å². The van der Waals surface area contributed by atoms with Crippen LogP contribution in [0.4, 0.5) is 0 Å². The summed E-state index contributed by atoms with van der Waals surface area (Å²) in [4.78, 5) is 0.135. The van der Waals surface area contributed by atoms with E-state index in [1.807, 2.05) is 6.92 Å². The summed E-state index contributed by atoms with van der Waals surface area (Å²) in [6, 6.07) is 6.64. The third-order valence-corrected chi connectivity index (χ3v) is 3.64. The molecular weight excluding hydrogens is 224 g/mol. The number of sulfonamides is 1. The summed E-state index contributed by atoms with van der Waals surface area (Å²) >= 11 is 0. The molecule has 0 saturated carbocycles. The Labute approximate surface area is 96.7 Å². The van der Waals surface area contributed by atoms with E-state index in [1.165, 1.54) is 12.1 Å². The highest BCUT2D eigenvalue weighted by Crippen LogP contribution is 2.23. The van der Waals surface area contributed by atoms with Gasteiger partial charge in [0.25, 0.3) is 0 Å². The SMILES string of the molecule is CCC(c1ccc(S(N)(=O)=O)cc1)C(C)N. The molecule has 0 amide bonds. The van der Waals surface area contributed by atoms with Crippen molar-refractivity contribution in [2.45, 2.75) is 37.1 Å². The lowest BCUT2D eigenvalue weighted by Gasteiger charge is -2.19. The largest absolute Gasteiger partial charge is 0.327 e. The van der Waals surface area contributed by atoms with Crippen molar-refractivity contribution < 1.29 is 8.42 Å². The van der Waals surface area contributed by atoms with E-state index in [-0.39, 0.29) is 16.9 Å². The number of hydrogen-bond donors (Lipinski definition) is 2. The lowest BCUT2D eigenvalue weighted by atomic mass is 9.91. The molecule has 0 aliphatic carbocycles. The van der Waals surface area contributed by atoms with Gasteiger partial charge in [-0.1, -0.05) is 19.1 Å². The molecule has 2 atom stereocenters. The molecule has 0 radical (unpaired) electrons. The van der Waals surface area contributed by atoms with Gasteiger partial charge in [-0.05, 0) is 37.0 Å². The molecule has 0 aromatic heterocycles. The van der Waals surface area contributed by atoms with Crippen LogP contribution in [0.25, 0.3) is 0 Å². The van der Waals surface area contributed by atoms with Gasteiger partial charge in [0, 0.05) is 6.04 Å². The minimum atomic E-state index is -3.60. The summed E-state index contributed by atoms with van der Waals surface area (Å²) in [5, 5.41) is 5.02. The van der Waals surface area contributed by atoms with Crippen LogP contribution >= 0.6 is 0 Å². The van der Waals surface area contributed by atoms with Crippen LogP contribution in [-0.4, -0.2) is 14.5 Å². The van der Waals surface area contributed by atoms with Crippen molar-refractivity contribution in [3.63, 3.8) is 0 Å². The first-order valence-electron chi connectivity index (χ1n) is 5.24. The van der Waals surface area contributed by atoms with Crippen LogP contribution in [0.5, 0.6) is 0 Å². The molecule has 16 heavy (non-hydrogen) atoms. The van der Waals surface area contributed by atoms with Gasteiger partial charge in [0.2, 0.25) is 10.0 Å². The Balaban J connectivity index is 3.03. The van der Waals surface area contributed by atoms with Crippen molar-refractivity contribution in [3.8, 4) is 0 Å². The lowest BCUT2D eigenvalue weighted by Crippen LogP contribution is -2.24. The summed E-state index contributed by atoms with van der Waals surface area (Å²) < 4.78 is 22.1. The first-order chi connectivity index (χ1) is 7.36. The van der Waals surface area contributed by atoms with E-state index < -0.39 is 10.0 Å². The van der Waals surface area contributed by atoms with Crippen molar-refractivity contribution in [1.29, 1.82) is 0 Å². The number of hydrogen-bond acceptors (Lipinski definition) is 3. The molecule has 90 valence electrons. The van der Waals surface area contributed by atoms with Crippen LogP contribution in [0, 0.1) is 0 Å². The van der Waals surface area contributed by atoms with Gasteiger partial charge in [-0.3, -0.25) is 0 Å². The monoisotopic (exact) mass is 242 g/mol. The first kappa shape index (κ1) is 13.2. The van der Waals surface area contributed by atoms with Crippen molar-refractivity contribution >= 4 is 10.0 Å². The smallest absolute Gasteiger partial charge is 0.238 e. The molecule has 1 aromatic carbocycles. The average Bonchev–Trinajstić information content (AvgIpc) is 2.17. The minimum absolute atomic E-state index is 0.0466. The lowest BCUT2D eigenvalue weighted by molar-refractivity contribution is 0.552. The Morgan fingerprint density at radius 3 is 2.06 bits per heavy atom. The number of rotatable bonds is 4. The quantitative estimate of drug-likeness (QED) is 0.831. The maximum absolute atomic E-state index is 11.1. The van der Waals surface area contributed by atoms with Gasteiger partial charge in [-0.25, -0.2) is 13.6 Å². The third kappa shape index (κ3) is 3.04. The van der Waals surface area contributed by atoms with Gasteiger partial charge in [0.1, 0.15) is 0 Å². The number of primary sulfonamides is 1. The Bertz CT molecular complexity index is 438. The van der Waals surface area contributed by atoms with Gasteiger partial charge in [-0.2, -0.15) is 0 Å². The van der Waals surface area contributed by atoms with Gasteiger partial charge < -0.3 is 5.73 Å². The summed E-state index contributed by atoms with van der Waals surface area (Å²) in [7, 11) is -3.60. The molecule has 0 heterocycles. The fourth-order valence-corrected chi connectivity index (χ4v) is 2.33. The molecule has 0 saturated heterocycles. The van der Waals surface area contributed by atoms with Crippen LogP contribution in [0.3, 0.4) is 0 Å².